The van der Waals surface area contributed by atoms with E-state index in [0.717, 1.165) is 32.0 Å². The first-order valence-corrected chi connectivity index (χ1v) is 9.04. The fourth-order valence-corrected chi connectivity index (χ4v) is 3.49. The highest BCUT2D eigenvalue weighted by molar-refractivity contribution is 5.31. The molecule has 0 unspecified atom stereocenters. The largest absolute Gasteiger partial charge is 0.330 e. The molecule has 1 aliphatic carbocycles. The molecule has 0 spiro atoms. The Labute approximate surface area is 144 Å². The Hall–Kier alpha value is -2.12. The molecule has 1 heterocycles. The van der Waals surface area contributed by atoms with Gasteiger partial charge in [0.15, 0.2) is 0 Å². The third-order valence-corrected chi connectivity index (χ3v) is 4.95. The van der Waals surface area contributed by atoms with Crippen LogP contribution in [0.2, 0.25) is 0 Å². The van der Waals surface area contributed by atoms with E-state index in [0.29, 0.717) is 5.56 Å². The third kappa shape index (κ3) is 4.69. The van der Waals surface area contributed by atoms with Gasteiger partial charge in [-0.2, -0.15) is 5.26 Å². The van der Waals surface area contributed by atoms with E-state index in [1.54, 1.807) is 0 Å². The van der Waals surface area contributed by atoms with Crippen molar-refractivity contribution in [1.82, 2.24) is 14.9 Å². The summed E-state index contributed by atoms with van der Waals surface area (Å²) in [6.07, 6.45) is 11.9. The second-order valence-electron chi connectivity index (χ2n) is 6.78. The lowest BCUT2D eigenvalue weighted by atomic mass is 9.89. The van der Waals surface area contributed by atoms with Crippen molar-refractivity contribution in [1.29, 1.82) is 5.26 Å². The molecule has 4 nitrogen and oxygen atoms in total. The van der Waals surface area contributed by atoms with Crippen molar-refractivity contribution >= 4 is 0 Å². The zero-order valence-corrected chi connectivity index (χ0v) is 14.2. The van der Waals surface area contributed by atoms with Gasteiger partial charge in [0.2, 0.25) is 0 Å². The van der Waals surface area contributed by atoms with Crippen LogP contribution in [0.25, 0.3) is 0 Å². The molecule has 1 aromatic carbocycles. The topological polar surface area (TPSA) is 53.6 Å². The van der Waals surface area contributed by atoms with E-state index in [9.17, 15) is 0 Å². The molecule has 0 aliphatic heterocycles. The van der Waals surface area contributed by atoms with Crippen molar-refractivity contribution in [3.63, 3.8) is 0 Å². The lowest BCUT2D eigenvalue weighted by Gasteiger charge is -2.21. The van der Waals surface area contributed by atoms with Crippen LogP contribution in [-0.4, -0.2) is 22.6 Å². The minimum atomic E-state index is 0.705. The van der Waals surface area contributed by atoms with Gasteiger partial charge < -0.3 is 9.88 Å². The highest BCUT2D eigenvalue weighted by Crippen LogP contribution is 2.22. The number of hydrogen-bond acceptors (Lipinski definition) is 3. The van der Waals surface area contributed by atoms with E-state index in [1.807, 2.05) is 36.8 Å². The number of imidazole rings is 1. The summed E-state index contributed by atoms with van der Waals surface area (Å²) in [5.41, 5.74) is 3.16. The van der Waals surface area contributed by atoms with Crippen molar-refractivity contribution in [2.45, 2.75) is 45.1 Å². The Morgan fingerprint density at radius 1 is 1.17 bits per heavy atom. The zero-order valence-electron chi connectivity index (χ0n) is 14.2. The zero-order chi connectivity index (χ0) is 16.6. The first kappa shape index (κ1) is 16.7. The fraction of sp³-hybridized carbons (Fsp3) is 0.500. The van der Waals surface area contributed by atoms with E-state index in [4.69, 9.17) is 5.26 Å². The lowest BCUT2D eigenvalue weighted by Crippen LogP contribution is -2.26. The molecule has 1 aromatic heterocycles. The number of rotatable bonds is 7. The summed E-state index contributed by atoms with van der Waals surface area (Å²) < 4.78 is 2.20. The maximum absolute atomic E-state index is 8.87. The Morgan fingerprint density at radius 3 is 2.71 bits per heavy atom. The number of hydrogen-bond donors (Lipinski definition) is 1. The number of aromatic nitrogens is 2. The molecule has 1 saturated carbocycles. The van der Waals surface area contributed by atoms with E-state index < -0.39 is 0 Å². The van der Waals surface area contributed by atoms with Crippen molar-refractivity contribution in [2.24, 2.45) is 5.92 Å². The van der Waals surface area contributed by atoms with Gasteiger partial charge in [-0.1, -0.05) is 31.4 Å². The number of nitrogens with zero attached hydrogens (tertiary/aromatic N) is 3. The van der Waals surface area contributed by atoms with Crippen molar-refractivity contribution < 1.29 is 0 Å². The molecule has 126 valence electrons. The Bertz CT molecular complexity index is 660. The SMILES string of the molecule is N#Cc1ccc(Cn2cncc2CCNCC2CCCCC2)cc1. The summed E-state index contributed by atoms with van der Waals surface area (Å²) in [4.78, 5) is 4.30. The molecule has 1 N–H and O–H groups in total. The van der Waals surface area contributed by atoms with Crippen LogP contribution >= 0.6 is 0 Å². The van der Waals surface area contributed by atoms with Crippen LogP contribution in [0.1, 0.15) is 48.9 Å². The number of nitriles is 1. The van der Waals surface area contributed by atoms with Crippen LogP contribution in [0.5, 0.6) is 0 Å². The monoisotopic (exact) mass is 322 g/mol. The molecule has 4 heteroatoms. The summed E-state index contributed by atoms with van der Waals surface area (Å²) in [7, 11) is 0. The molecule has 1 aliphatic rings. The highest BCUT2D eigenvalue weighted by atomic mass is 15.0. The smallest absolute Gasteiger partial charge is 0.0991 e. The molecule has 24 heavy (non-hydrogen) atoms. The lowest BCUT2D eigenvalue weighted by molar-refractivity contribution is 0.343. The molecule has 0 atom stereocenters. The van der Waals surface area contributed by atoms with Crippen LogP contribution in [0.3, 0.4) is 0 Å². The van der Waals surface area contributed by atoms with Gasteiger partial charge >= 0.3 is 0 Å². The maximum Gasteiger partial charge on any atom is 0.0991 e. The molecule has 0 amide bonds. The van der Waals surface area contributed by atoms with Gasteiger partial charge in [-0.3, -0.25) is 0 Å². The second kappa shape index (κ2) is 8.65. The predicted octanol–water partition coefficient (Wildman–Crippen LogP) is 3.52. The van der Waals surface area contributed by atoms with E-state index in [-0.39, 0.29) is 0 Å². The summed E-state index contributed by atoms with van der Waals surface area (Å²) in [6.45, 7) is 2.98. The van der Waals surface area contributed by atoms with Gasteiger partial charge in [0.05, 0.1) is 18.0 Å². The summed E-state index contributed by atoms with van der Waals surface area (Å²) in [6, 6.07) is 9.94. The van der Waals surface area contributed by atoms with Crippen molar-refractivity contribution in [3.05, 3.63) is 53.6 Å². The number of benzene rings is 1. The fourth-order valence-electron chi connectivity index (χ4n) is 3.49. The van der Waals surface area contributed by atoms with Crippen LogP contribution in [0.4, 0.5) is 0 Å². The van der Waals surface area contributed by atoms with E-state index >= 15 is 0 Å². The molecule has 0 saturated heterocycles. The Morgan fingerprint density at radius 2 is 1.96 bits per heavy atom. The summed E-state index contributed by atoms with van der Waals surface area (Å²) in [5, 5.41) is 12.5. The molecular weight excluding hydrogens is 296 g/mol. The standard InChI is InChI=1S/C20H26N4/c21-12-17-6-8-19(9-7-17)15-24-16-23-14-20(24)10-11-22-13-18-4-2-1-3-5-18/h6-9,14,16,18,22H,1-5,10-11,13,15H2. The van der Waals surface area contributed by atoms with Gasteiger partial charge in [-0.05, 0) is 43.0 Å². The van der Waals surface area contributed by atoms with E-state index in [2.05, 4.69) is 20.9 Å². The second-order valence-corrected chi connectivity index (χ2v) is 6.78. The summed E-state index contributed by atoms with van der Waals surface area (Å²) >= 11 is 0. The Kier molecular flexibility index (Phi) is 6.03. The minimum Gasteiger partial charge on any atom is -0.330 e. The van der Waals surface area contributed by atoms with Gasteiger partial charge in [-0.15, -0.1) is 0 Å². The molecule has 1 fully saturated rings. The van der Waals surface area contributed by atoms with Crippen LogP contribution in [0, 0.1) is 17.2 Å². The molecule has 0 radical (unpaired) electrons. The van der Waals surface area contributed by atoms with Gasteiger partial charge in [0.25, 0.3) is 0 Å². The first-order valence-electron chi connectivity index (χ1n) is 9.04. The quantitative estimate of drug-likeness (QED) is 0.794. The maximum atomic E-state index is 8.87. The molecule has 0 bridgehead atoms. The van der Waals surface area contributed by atoms with Crippen LogP contribution in [0.15, 0.2) is 36.8 Å². The first-order chi connectivity index (χ1) is 11.8. The van der Waals surface area contributed by atoms with E-state index in [1.165, 1.54) is 43.4 Å². The average molecular weight is 322 g/mol. The third-order valence-electron chi connectivity index (χ3n) is 4.95. The molecular formula is C20H26N4. The normalized spacial score (nSPS) is 15.3. The Balaban J connectivity index is 1.46. The molecule has 3 rings (SSSR count). The van der Waals surface area contributed by atoms with Gasteiger partial charge in [-0.25, -0.2) is 4.98 Å². The summed E-state index contributed by atoms with van der Waals surface area (Å²) in [5.74, 6) is 0.877. The van der Waals surface area contributed by atoms with Crippen LogP contribution in [-0.2, 0) is 13.0 Å². The van der Waals surface area contributed by atoms with Gasteiger partial charge in [0, 0.05) is 31.4 Å². The minimum absolute atomic E-state index is 0.705. The average Bonchev–Trinajstić information content (AvgIpc) is 3.07. The van der Waals surface area contributed by atoms with Crippen molar-refractivity contribution in [3.8, 4) is 6.07 Å². The van der Waals surface area contributed by atoms with Gasteiger partial charge in [0.1, 0.15) is 0 Å². The highest BCUT2D eigenvalue weighted by Gasteiger charge is 2.12. The van der Waals surface area contributed by atoms with Crippen LogP contribution < -0.4 is 5.32 Å². The molecule has 2 aromatic rings. The predicted molar refractivity (Wildman–Crippen MR) is 95.6 cm³/mol. The number of nitrogens with one attached hydrogen (secondary N) is 1. The van der Waals surface area contributed by atoms with Crippen molar-refractivity contribution in [2.75, 3.05) is 13.1 Å².